The lowest BCUT2D eigenvalue weighted by Gasteiger charge is -2.34. The molecule has 1 N–H and O–H groups in total. The van der Waals surface area contributed by atoms with E-state index in [2.05, 4.69) is 5.32 Å². The predicted molar refractivity (Wildman–Crippen MR) is 69.5 cm³/mol. The maximum Gasteiger partial charge on any atom is 0.401 e. The first kappa shape index (κ1) is 15.6. The first-order valence-corrected chi connectivity index (χ1v) is 6.44. The van der Waals surface area contributed by atoms with Gasteiger partial charge in [0.25, 0.3) is 0 Å². The molecule has 8 heteroatoms. The third-order valence-corrected chi connectivity index (χ3v) is 3.16. The lowest BCUT2D eigenvalue weighted by atomic mass is 10.3. The van der Waals surface area contributed by atoms with Gasteiger partial charge < -0.3 is 10.2 Å². The van der Waals surface area contributed by atoms with Gasteiger partial charge in [-0.3, -0.25) is 4.90 Å². The Bertz CT molecular complexity index is 481. The minimum absolute atomic E-state index is 0.177. The molecule has 0 bridgehead atoms. The highest BCUT2D eigenvalue weighted by atomic mass is 19.4. The van der Waals surface area contributed by atoms with E-state index >= 15 is 0 Å². The molecule has 1 fully saturated rings. The molecule has 4 nitrogen and oxygen atoms in total. The number of nitrogens with one attached hydrogen (secondary N) is 1. The fourth-order valence-corrected chi connectivity index (χ4v) is 2.10. The Morgan fingerprint density at radius 2 is 1.67 bits per heavy atom. The van der Waals surface area contributed by atoms with Gasteiger partial charge in [-0.25, -0.2) is 9.18 Å². The monoisotopic (exact) mass is 305 g/mol. The molecule has 1 saturated heterocycles. The van der Waals surface area contributed by atoms with E-state index in [0.29, 0.717) is 5.69 Å². The highest BCUT2D eigenvalue weighted by Gasteiger charge is 2.32. The lowest BCUT2D eigenvalue weighted by molar-refractivity contribution is -0.148. The van der Waals surface area contributed by atoms with Crippen molar-refractivity contribution < 1.29 is 22.4 Å². The summed E-state index contributed by atoms with van der Waals surface area (Å²) >= 11 is 0. The topological polar surface area (TPSA) is 35.6 Å². The Morgan fingerprint density at radius 3 is 2.19 bits per heavy atom. The number of piperazine rings is 1. The number of carbonyl (C=O) groups is 1. The minimum Gasteiger partial charge on any atom is -0.322 e. The van der Waals surface area contributed by atoms with Crippen molar-refractivity contribution in [3.8, 4) is 0 Å². The summed E-state index contributed by atoms with van der Waals surface area (Å²) in [5, 5.41) is 2.58. The zero-order valence-corrected chi connectivity index (χ0v) is 11.2. The number of carbonyl (C=O) groups excluding carboxylic acids is 1. The molecular formula is C13H15F4N3O. The van der Waals surface area contributed by atoms with Crippen molar-refractivity contribution in [3.63, 3.8) is 0 Å². The number of anilines is 1. The van der Waals surface area contributed by atoms with Crippen LogP contribution in [-0.2, 0) is 0 Å². The molecule has 1 heterocycles. The van der Waals surface area contributed by atoms with Crippen LogP contribution in [0.1, 0.15) is 0 Å². The quantitative estimate of drug-likeness (QED) is 0.852. The average molecular weight is 305 g/mol. The summed E-state index contributed by atoms with van der Waals surface area (Å²) in [5.74, 6) is -0.409. The van der Waals surface area contributed by atoms with E-state index in [-0.39, 0.29) is 26.2 Å². The molecule has 0 spiro atoms. The molecule has 0 saturated carbocycles. The van der Waals surface area contributed by atoms with Gasteiger partial charge in [-0.15, -0.1) is 0 Å². The number of nitrogens with zero attached hydrogens (tertiary/aromatic N) is 2. The van der Waals surface area contributed by atoms with Crippen LogP contribution in [0, 0.1) is 5.82 Å². The van der Waals surface area contributed by atoms with Crippen molar-refractivity contribution >= 4 is 11.7 Å². The van der Waals surface area contributed by atoms with Crippen LogP contribution in [0.5, 0.6) is 0 Å². The average Bonchev–Trinajstić information content (AvgIpc) is 2.40. The van der Waals surface area contributed by atoms with Crippen LogP contribution in [0.15, 0.2) is 24.3 Å². The van der Waals surface area contributed by atoms with E-state index in [0.717, 1.165) is 0 Å². The molecule has 0 radical (unpaired) electrons. The van der Waals surface area contributed by atoms with Gasteiger partial charge in [0, 0.05) is 31.9 Å². The zero-order chi connectivity index (χ0) is 15.5. The number of halogens is 4. The fourth-order valence-electron chi connectivity index (χ4n) is 2.10. The number of hydrogen-bond donors (Lipinski definition) is 1. The zero-order valence-electron chi connectivity index (χ0n) is 11.2. The van der Waals surface area contributed by atoms with Crippen LogP contribution in [0.4, 0.5) is 28.0 Å². The van der Waals surface area contributed by atoms with Crippen LogP contribution < -0.4 is 5.32 Å². The van der Waals surface area contributed by atoms with E-state index in [1.54, 1.807) is 0 Å². The molecule has 0 aliphatic carbocycles. The van der Waals surface area contributed by atoms with Crippen LogP contribution in [-0.4, -0.2) is 54.7 Å². The van der Waals surface area contributed by atoms with Crippen molar-refractivity contribution in [3.05, 3.63) is 30.1 Å². The van der Waals surface area contributed by atoms with Gasteiger partial charge >= 0.3 is 12.2 Å². The highest BCUT2D eigenvalue weighted by molar-refractivity contribution is 5.89. The van der Waals surface area contributed by atoms with E-state index in [9.17, 15) is 22.4 Å². The second kappa shape index (κ2) is 6.30. The van der Waals surface area contributed by atoms with Gasteiger partial charge in [-0.2, -0.15) is 13.2 Å². The number of hydrogen-bond acceptors (Lipinski definition) is 2. The maximum atomic E-state index is 12.7. The van der Waals surface area contributed by atoms with Gasteiger partial charge in [-0.1, -0.05) is 0 Å². The highest BCUT2D eigenvalue weighted by Crippen LogP contribution is 2.18. The molecule has 21 heavy (non-hydrogen) atoms. The molecule has 2 amide bonds. The van der Waals surface area contributed by atoms with Gasteiger partial charge in [0.05, 0.1) is 6.54 Å². The summed E-state index contributed by atoms with van der Waals surface area (Å²) in [7, 11) is 0. The van der Waals surface area contributed by atoms with Gasteiger partial charge in [-0.05, 0) is 24.3 Å². The standard InChI is InChI=1S/C13H15F4N3O/c14-10-1-3-11(4-2-10)18-12(21)20-7-5-19(6-8-20)9-13(15,16)17/h1-4H,5-9H2,(H,18,21). The minimum atomic E-state index is -4.22. The molecule has 1 aromatic carbocycles. The number of amides is 2. The molecule has 1 aromatic rings. The Hall–Kier alpha value is -1.83. The normalized spacial score (nSPS) is 16.9. The molecule has 116 valence electrons. The SMILES string of the molecule is O=C(Nc1ccc(F)cc1)N1CCN(CC(F)(F)F)CC1. The molecular weight excluding hydrogens is 290 g/mol. The first-order chi connectivity index (χ1) is 9.83. The van der Waals surface area contributed by atoms with Crippen molar-refractivity contribution in [1.29, 1.82) is 0 Å². The number of urea groups is 1. The van der Waals surface area contributed by atoms with Gasteiger partial charge in [0.2, 0.25) is 0 Å². The van der Waals surface area contributed by atoms with E-state index in [1.807, 2.05) is 0 Å². The van der Waals surface area contributed by atoms with Crippen LogP contribution in [0.25, 0.3) is 0 Å². The second-order valence-electron chi connectivity index (χ2n) is 4.82. The summed E-state index contributed by atoms with van der Waals surface area (Å²) in [4.78, 5) is 14.6. The Balaban J connectivity index is 1.81. The number of benzene rings is 1. The van der Waals surface area contributed by atoms with Gasteiger partial charge in [0.15, 0.2) is 0 Å². The predicted octanol–water partition coefficient (Wildman–Crippen LogP) is 2.54. The van der Waals surface area contributed by atoms with Crippen LogP contribution in [0.3, 0.4) is 0 Å². The molecule has 2 rings (SSSR count). The summed E-state index contributed by atoms with van der Waals surface area (Å²) < 4.78 is 49.5. The summed E-state index contributed by atoms with van der Waals surface area (Å²) in [5.41, 5.74) is 0.444. The molecule has 1 aliphatic rings. The summed E-state index contributed by atoms with van der Waals surface area (Å²) in [6.45, 7) is -0.153. The van der Waals surface area contributed by atoms with Crippen LogP contribution >= 0.6 is 0 Å². The smallest absolute Gasteiger partial charge is 0.322 e. The molecule has 1 aliphatic heterocycles. The third-order valence-electron chi connectivity index (χ3n) is 3.16. The Morgan fingerprint density at radius 1 is 1.10 bits per heavy atom. The maximum absolute atomic E-state index is 12.7. The largest absolute Gasteiger partial charge is 0.401 e. The van der Waals surface area contributed by atoms with Gasteiger partial charge in [0.1, 0.15) is 5.82 Å². The second-order valence-corrected chi connectivity index (χ2v) is 4.82. The molecule has 0 unspecified atom stereocenters. The lowest BCUT2D eigenvalue weighted by Crippen LogP contribution is -2.51. The number of rotatable bonds is 2. The van der Waals surface area contributed by atoms with E-state index in [1.165, 1.54) is 34.1 Å². The Labute approximate surface area is 119 Å². The van der Waals surface area contributed by atoms with Crippen molar-refractivity contribution in [1.82, 2.24) is 9.80 Å². The summed E-state index contributed by atoms with van der Waals surface area (Å²) in [6, 6.07) is 4.89. The third kappa shape index (κ3) is 4.89. The van der Waals surface area contributed by atoms with Crippen molar-refractivity contribution in [2.24, 2.45) is 0 Å². The Kier molecular flexibility index (Phi) is 4.66. The fraction of sp³-hybridized carbons (Fsp3) is 0.462. The number of alkyl halides is 3. The first-order valence-electron chi connectivity index (χ1n) is 6.44. The van der Waals surface area contributed by atoms with Crippen LogP contribution in [0.2, 0.25) is 0 Å². The molecule has 0 atom stereocenters. The van der Waals surface area contributed by atoms with Crippen molar-refractivity contribution in [2.45, 2.75) is 6.18 Å². The van der Waals surface area contributed by atoms with Crippen molar-refractivity contribution in [2.75, 3.05) is 38.0 Å². The molecule has 0 aromatic heterocycles. The summed E-state index contributed by atoms with van der Waals surface area (Å²) in [6.07, 6.45) is -4.22. The van der Waals surface area contributed by atoms with E-state index in [4.69, 9.17) is 0 Å². The van der Waals surface area contributed by atoms with E-state index < -0.39 is 24.6 Å².